The summed E-state index contributed by atoms with van der Waals surface area (Å²) in [7, 11) is 0. The first kappa shape index (κ1) is 17.2. The van der Waals surface area contributed by atoms with Gasteiger partial charge in [0.05, 0.1) is 6.42 Å². The molecule has 0 aliphatic rings. The van der Waals surface area contributed by atoms with Crippen LogP contribution in [0, 0.1) is 5.92 Å². The van der Waals surface area contributed by atoms with Crippen molar-refractivity contribution in [3.05, 3.63) is 47.0 Å². The Kier molecular flexibility index (Phi) is 6.35. The SMILES string of the molecule is CC(C)CCNc1ccc(NC(=O)Cc2ccc(Cl)cc2)nn1. The van der Waals surface area contributed by atoms with Crippen LogP contribution in [0.25, 0.3) is 0 Å². The molecule has 0 spiro atoms. The predicted molar refractivity (Wildman–Crippen MR) is 93.8 cm³/mol. The molecule has 0 saturated heterocycles. The van der Waals surface area contributed by atoms with Crippen LogP contribution < -0.4 is 10.6 Å². The molecular weight excluding hydrogens is 312 g/mol. The van der Waals surface area contributed by atoms with Gasteiger partial charge in [-0.25, -0.2) is 0 Å². The molecule has 2 rings (SSSR count). The third kappa shape index (κ3) is 6.24. The highest BCUT2D eigenvalue weighted by Crippen LogP contribution is 2.11. The maximum atomic E-state index is 12.0. The van der Waals surface area contributed by atoms with Gasteiger partial charge in [0.1, 0.15) is 5.82 Å². The highest BCUT2D eigenvalue weighted by molar-refractivity contribution is 6.30. The van der Waals surface area contributed by atoms with Crippen LogP contribution in [0.2, 0.25) is 5.02 Å². The van der Waals surface area contributed by atoms with Crippen molar-refractivity contribution in [3.63, 3.8) is 0 Å². The van der Waals surface area contributed by atoms with Crippen molar-refractivity contribution < 1.29 is 4.79 Å². The fraction of sp³-hybridized carbons (Fsp3) is 0.353. The molecule has 0 saturated carbocycles. The van der Waals surface area contributed by atoms with Crippen molar-refractivity contribution in [2.75, 3.05) is 17.2 Å². The molecule has 1 heterocycles. The minimum Gasteiger partial charge on any atom is -0.369 e. The molecule has 2 N–H and O–H groups in total. The number of benzene rings is 1. The molecule has 23 heavy (non-hydrogen) atoms. The van der Waals surface area contributed by atoms with Gasteiger partial charge in [0.15, 0.2) is 5.82 Å². The molecular formula is C17H21ClN4O. The fourth-order valence-corrected chi connectivity index (χ4v) is 2.08. The van der Waals surface area contributed by atoms with Gasteiger partial charge in [0, 0.05) is 11.6 Å². The van der Waals surface area contributed by atoms with Gasteiger partial charge >= 0.3 is 0 Å². The Hall–Kier alpha value is -2.14. The molecule has 0 bridgehead atoms. The van der Waals surface area contributed by atoms with Gasteiger partial charge in [-0.15, -0.1) is 10.2 Å². The maximum Gasteiger partial charge on any atom is 0.229 e. The normalized spacial score (nSPS) is 10.6. The Morgan fingerprint density at radius 2 is 1.74 bits per heavy atom. The van der Waals surface area contributed by atoms with E-state index >= 15 is 0 Å². The minimum atomic E-state index is -0.137. The number of amides is 1. The number of nitrogens with one attached hydrogen (secondary N) is 2. The van der Waals surface area contributed by atoms with Gasteiger partial charge in [-0.05, 0) is 42.2 Å². The Morgan fingerprint density at radius 1 is 1.09 bits per heavy atom. The largest absolute Gasteiger partial charge is 0.369 e. The van der Waals surface area contributed by atoms with Crippen LogP contribution >= 0.6 is 11.6 Å². The van der Waals surface area contributed by atoms with E-state index in [0.29, 0.717) is 22.6 Å². The first-order chi connectivity index (χ1) is 11.0. The fourth-order valence-electron chi connectivity index (χ4n) is 1.96. The summed E-state index contributed by atoms with van der Waals surface area (Å²) in [4.78, 5) is 12.0. The van der Waals surface area contributed by atoms with Crippen molar-refractivity contribution in [3.8, 4) is 0 Å². The second kappa shape index (κ2) is 8.48. The van der Waals surface area contributed by atoms with E-state index in [1.54, 1.807) is 18.2 Å². The number of nitrogens with zero attached hydrogens (tertiary/aromatic N) is 2. The van der Waals surface area contributed by atoms with E-state index in [9.17, 15) is 4.79 Å². The minimum absolute atomic E-state index is 0.137. The molecule has 0 aliphatic heterocycles. The molecule has 122 valence electrons. The van der Waals surface area contributed by atoms with Gasteiger partial charge in [-0.2, -0.15) is 0 Å². The lowest BCUT2D eigenvalue weighted by atomic mass is 10.1. The summed E-state index contributed by atoms with van der Waals surface area (Å²) in [6.45, 7) is 5.20. The Morgan fingerprint density at radius 3 is 2.35 bits per heavy atom. The van der Waals surface area contributed by atoms with E-state index in [1.807, 2.05) is 18.2 Å². The molecule has 0 fully saturated rings. The Balaban J connectivity index is 1.82. The lowest BCUT2D eigenvalue weighted by molar-refractivity contribution is -0.115. The summed E-state index contributed by atoms with van der Waals surface area (Å²) >= 11 is 5.82. The standard InChI is InChI=1S/C17H21ClN4O/c1-12(2)9-10-19-15-7-8-16(22-21-15)20-17(23)11-13-3-5-14(18)6-4-13/h3-8,12H,9-11H2,1-2H3,(H,19,21)(H,20,22,23). The number of carbonyl (C=O) groups is 1. The number of anilines is 2. The second-order valence-electron chi connectivity index (χ2n) is 5.76. The summed E-state index contributed by atoms with van der Waals surface area (Å²) in [5, 5.41) is 14.6. The topological polar surface area (TPSA) is 66.9 Å². The van der Waals surface area contributed by atoms with E-state index in [4.69, 9.17) is 11.6 Å². The van der Waals surface area contributed by atoms with Crippen molar-refractivity contribution in [2.45, 2.75) is 26.7 Å². The molecule has 2 aromatic rings. The number of hydrogen-bond acceptors (Lipinski definition) is 4. The first-order valence-electron chi connectivity index (χ1n) is 7.65. The average Bonchev–Trinajstić information content (AvgIpc) is 2.51. The lowest BCUT2D eigenvalue weighted by Gasteiger charge is -2.08. The van der Waals surface area contributed by atoms with E-state index in [-0.39, 0.29) is 12.3 Å². The second-order valence-corrected chi connectivity index (χ2v) is 6.20. The summed E-state index contributed by atoms with van der Waals surface area (Å²) in [6.07, 6.45) is 1.34. The van der Waals surface area contributed by atoms with Crippen LogP contribution in [-0.2, 0) is 11.2 Å². The van der Waals surface area contributed by atoms with Crippen molar-refractivity contribution in [2.24, 2.45) is 5.92 Å². The van der Waals surface area contributed by atoms with Crippen molar-refractivity contribution in [1.82, 2.24) is 10.2 Å². The number of carbonyl (C=O) groups excluding carboxylic acids is 1. The van der Waals surface area contributed by atoms with Crippen LogP contribution in [0.5, 0.6) is 0 Å². The van der Waals surface area contributed by atoms with Gasteiger partial charge in [0.25, 0.3) is 0 Å². The van der Waals surface area contributed by atoms with E-state index in [2.05, 4.69) is 34.7 Å². The molecule has 5 nitrogen and oxygen atoms in total. The highest BCUT2D eigenvalue weighted by Gasteiger charge is 2.06. The number of rotatable bonds is 7. The summed E-state index contributed by atoms with van der Waals surface area (Å²) in [5.41, 5.74) is 0.895. The summed E-state index contributed by atoms with van der Waals surface area (Å²) in [5.74, 6) is 1.66. The predicted octanol–water partition coefficient (Wildman–Crippen LogP) is 3.77. The van der Waals surface area contributed by atoms with E-state index in [1.165, 1.54) is 0 Å². The van der Waals surface area contributed by atoms with Crippen LogP contribution in [0.1, 0.15) is 25.8 Å². The zero-order valence-corrected chi connectivity index (χ0v) is 14.1. The van der Waals surface area contributed by atoms with Crippen LogP contribution in [0.4, 0.5) is 11.6 Å². The van der Waals surface area contributed by atoms with Crippen LogP contribution in [-0.4, -0.2) is 22.6 Å². The third-order valence-corrected chi connectivity index (χ3v) is 3.49. The molecule has 6 heteroatoms. The van der Waals surface area contributed by atoms with Crippen LogP contribution in [0.3, 0.4) is 0 Å². The van der Waals surface area contributed by atoms with Crippen molar-refractivity contribution >= 4 is 29.1 Å². The molecule has 0 unspecified atom stereocenters. The zero-order valence-electron chi connectivity index (χ0n) is 13.3. The highest BCUT2D eigenvalue weighted by atomic mass is 35.5. The first-order valence-corrected chi connectivity index (χ1v) is 8.02. The Bertz CT molecular complexity index is 626. The maximum absolute atomic E-state index is 12.0. The smallest absolute Gasteiger partial charge is 0.229 e. The third-order valence-electron chi connectivity index (χ3n) is 3.24. The Labute approximate surface area is 141 Å². The quantitative estimate of drug-likeness (QED) is 0.810. The van der Waals surface area contributed by atoms with Gasteiger partial charge in [-0.1, -0.05) is 37.6 Å². The summed E-state index contributed by atoms with van der Waals surface area (Å²) in [6, 6.07) is 10.7. The molecule has 0 aliphatic carbocycles. The van der Waals surface area contributed by atoms with E-state index in [0.717, 1.165) is 18.5 Å². The van der Waals surface area contributed by atoms with E-state index < -0.39 is 0 Å². The van der Waals surface area contributed by atoms with Crippen molar-refractivity contribution in [1.29, 1.82) is 0 Å². The lowest BCUT2D eigenvalue weighted by Crippen LogP contribution is -2.16. The zero-order chi connectivity index (χ0) is 16.7. The number of halogens is 1. The average molecular weight is 333 g/mol. The van der Waals surface area contributed by atoms with Gasteiger partial charge < -0.3 is 10.6 Å². The number of hydrogen-bond donors (Lipinski definition) is 2. The molecule has 0 radical (unpaired) electrons. The molecule has 1 aromatic heterocycles. The monoisotopic (exact) mass is 332 g/mol. The summed E-state index contributed by atoms with van der Waals surface area (Å²) < 4.78 is 0. The molecule has 1 aromatic carbocycles. The molecule has 1 amide bonds. The van der Waals surface area contributed by atoms with Crippen LogP contribution in [0.15, 0.2) is 36.4 Å². The molecule has 0 atom stereocenters. The van der Waals surface area contributed by atoms with Gasteiger partial charge in [0.2, 0.25) is 5.91 Å². The number of aromatic nitrogens is 2. The van der Waals surface area contributed by atoms with Gasteiger partial charge in [-0.3, -0.25) is 4.79 Å².